The van der Waals surface area contributed by atoms with Gasteiger partial charge in [0.05, 0.1) is 0 Å². The molecule has 0 amide bonds. The SMILES string of the molecule is CC/C=C\C/C=C\C/C=C\CCCCCC(=O)OCC(COC(=O)CCCCCCCCCCCCCCCCCCCC)OC(=O)CCCCCCC/C=C\CCCCCCCC. The van der Waals surface area contributed by atoms with Gasteiger partial charge in [-0.1, -0.05) is 236 Å². The van der Waals surface area contributed by atoms with Crippen LogP contribution >= 0.6 is 0 Å². The van der Waals surface area contributed by atoms with Gasteiger partial charge in [-0.25, -0.2) is 0 Å². The monoisotopic (exact) mass is 897 g/mol. The number of hydrogen-bond acceptors (Lipinski definition) is 6. The van der Waals surface area contributed by atoms with E-state index in [0.717, 1.165) is 96.3 Å². The predicted molar refractivity (Wildman–Crippen MR) is 275 cm³/mol. The van der Waals surface area contributed by atoms with E-state index >= 15 is 0 Å². The van der Waals surface area contributed by atoms with Gasteiger partial charge < -0.3 is 14.2 Å². The number of carbonyl (C=O) groups is 3. The molecule has 0 saturated carbocycles. The molecule has 0 bridgehead atoms. The van der Waals surface area contributed by atoms with Gasteiger partial charge in [0.2, 0.25) is 0 Å². The summed E-state index contributed by atoms with van der Waals surface area (Å²) in [6.45, 7) is 6.52. The standard InChI is InChI=1S/C58H104O6/c1-4-7-10-13-16-19-22-25-27-28-29-31-33-36-39-42-45-48-51-57(60)63-54-55(53-62-56(59)50-47-44-41-38-35-32-24-21-18-15-12-9-6-3)64-58(61)52-49-46-43-40-37-34-30-26-23-20-17-14-11-8-5-2/h9,12,18,21,26,30,32,35,55H,4-8,10-11,13-17,19-20,22-25,27-29,31,33-34,36-54H2,1-3H3/b12-9-,21-18-,30-26-,35-32-. The Morgan fingerprint density at radius 3 is 0.984 bits per heavy atom. The molecule has 1 unspecified atom stereocenters. The Morgan fingerprint density at radius 2 is 0.609 bits per heavy atom. The average Bonchev–Trinajstić information content (AvgIpc) is 3.29. The van der Waals surface area contributed by atoms with Crippen LogP contribution in [0.3, 0.4) is 0 Å². The molecule has 64 heavy (non-hydrogen) atoms. The summed E-state index contributed by atoms with van der Waals surface area (Å²) in [5.41, 5.74) is 0. The van der Waals surface area contributed by atoms with E-state index in [2.05, 4.69) is 69.4 Å². The van der Waals surface area contributed by atoms with Gasteiger partial charge in [-0.05, 0) is 77.0 Å². The summed E-state index contributed by atoms with van der Waals surface area (Å²) in [5, 5.41) is 0. The van der Waals surface area contributed by atoms with Crippen molar-refractivity contribution < 1.29 is 28.6 Å². The van der Waals surface area contributed by atoms with E-state index in [-0.39, 0.29) is 31.1 Å². The molecule has 0 fully saturated rings. The zero-order chi connectivity index (χ0) is 46.5. The lowest BCUT2D eigenvalue weighted by atomic mass is 10.0. The second kappa shape index (κ2) is 53.0. The van der Waals surface area contributed by atoms with Crippen molar-refractivity contribution in [3.63, 3.8) is 0 Å². The second-order valence-corrected chi connectivity index (χ2v) is 18.5. The van der Waals surface area contributed by atoms with E-state index in [1.165, 1.54) is 148 Å². The third kappa shape index (κ3) is 50.4. The highest BCUT2D eigenvalue weighted by Gasteiger charge is 2.19. The number of carbonyl (C=O) groups excluding carboxylic acids is 3. The Balaban J connectivity index is 4.36. The Hall–Kier alpha value is -2.63. The van der Waals surface area contributed by atoms with E-state index in [9.17, 15) is 14.4 Å². The molecule has 0 rings (SSSR count). The number of esters is 3. The summed E-state index contributed by atoms with van der Waals surface area (Å²) < 4.78 is 16.8. The minimum absolute atomic E-state index is 0.0831. The largest absolute Gasteiger partial charge is 0.462 e. The number of allylic oxidation sites excluding steroid dienone is 8. The van der Waals surface area contributed by atoms with Crippen LogP contribution in [-0.2, 0) is 28.6 Å². The maximum atomic E-state index is 12.8. The van der Waals surface area contributed by atoms with Crippen LogP contribution in [0, 0.1) is 0 Å². The van der Waals surface area contributed by atoms with Crippen LogP contribution < -0.4 is 0 Å². The first-order valence-corrected chi connectivity index (χ1v) is 27.6. The van der Waals surface area contributed by atoms with Gasteiger partial charge in [0.15, 0.2) is 6.10 Å². The molecule has 0 N–H and O–H groups in total. The van der Waals surface area contributed by atoms with Crippen molar-refractivity contribution >= 4 is 17.9 Å². The van der Waals surface area contributed by atoms with Gasteiger partial charge in [-0.3, -0.25) is 14.4 Å². The third-order valence-electron chi connectivity index (χ3n) is 12.1. The van der Waals surface area contributed by atoms with Crippen molar-refractivity contribution in [3.05, 3.63) is 48.6 Å². The summed E-state index contributed by atoms with van der Waals surface area (Å²) in [5.74, 6) is -0.911. The molecule has 1 atom stereocenters. The van der Waals surface area contributed by atoms with Crippen LogP contribution in [0.15, 0.2) is 48.6 Å². The first-order valence-electron chi connectivity index (χ1n) is 27.6. The predicted octanol–water partition coefficient (Wildman–Crippen LogP) is 18.3. The Labute approximate surface area is 397 Å². The van der Waals surface area contributed by atoms with Crippen LogP contribution in [0.2, 0.25) is 0 Å². The Bertz CT molecular complexity index is 1120. The van der Waals surface area contributed by atoms with E-state index in [0.29, 0.717) is 19.3 Å². The maximum absolute atomic E-state index is 12.8. The molecule has 0 radical (unpaired) electrons. The van der Waals surface area contributed by atoms with Gasteiger partial charge in [-0.15, -0.1) is 0 Å². The van der Waals surface area contributed by atoms with Crippen LogP contribution in [0.1, 0.15) is 284 Å². The van der Waals surface area contributed by atoms with Gasteiger partial charge >= 0.3 is 17.9 Å². The molecule has 0 aromatic heterocycles. The van der Waals surface area contributed by atoms with Gasteiger partial charge in [0.1, 0.15) is 13.2 Å². The molecule has 0 heterocycles. The first kappa shape index (κ1) is 61.4. The smallest absolute Gasteiger partial charge is 0.306 e. The van der Waals surface area contributed by atoms with Crippen LogP contribution in [0.25, 0.3) is 0 Å². The van der Waals surface area contributed by atoms with Crippen molar-refractivity contribution in [2.45, 2.75) is 290 Å². The second-order valence-electron chi connectivity index (χ2n) is 18.5. The molecular formula is C58H104O6. The summed E-state index contributed by atoms with van der Waals surface area (Å²) in [6.07, 6.45) is 63.9. The summed E-state index contributed by atoms with van der Waals surface area (Å²) in [4.78, 5) is 38.0. The number of rotatable bonds is 50. The maximum Gasteiger partial charge on any atom is 0.306 e. The number of ether oxygens (including phenoxy) is 3. The fourth-order valence-corrected chi connectivity index (χ4v) is 7.92. The third-order valence-corrected chi connectivity index (χ3v) is 12.1. The van der Waals surface area contributed by atoms with E-state index in [1.54, 1.807) is 0 Å². The Morgan fingerprint density at radius 1 is 0.328 bits per heavy atom. The highest BCUT2D eigenvalue weighted by atomic mass is 16.6. The van der Waals surface area contributed by atoms with Gasteiger partial charge in [0, 0.05) is 19.3 Å². The quantitative estimate of drug-likeness (QED) is 0.0262. The van der Waals surface area contributed by atoms with E-state index in [1.807, 2.05) is 0 Å². The van der Waals surface area contributed by atoms with Gasteiger partial charge in [-0.2, -0.15) is 0 Å². The van der Waals surface area contributed by atoms with Crippen LogP contribution in [0.5, 0.6) is 0 Å². The zero-order valence-corrected chi connectivity index (χ0v) is 42.6. The minimum Gasteiger partial charge on any atom is -0.462 e. The lowest BCUT2D eigenvalue weighted by Gasteiger charge is -2.18. The Kier molecular flexibility index (Phi) is 50.8. The van der Waals surface area contributed by atoms with E-state index < -0.39 is 6.10 Å². The lowest BCUT2D eigenvalue weighted by Crippen LogP contribution is -2.30. The summed E-state index contributed by atoms with van der Waals surface area (Å²) in [7, 11) is 0. The highest BCUT2D eigenvalue weighted by Crippen LogP contribution is 2.16. The van der Waals surface area contributed by atoms with Crippen LogP contribution in [0.4, 0.5) is 0 Å². The minimum atomic E-state index is -0.786. The number of unbranched alkanes of at least 4 members (excludes halogenated alkanes) is 31. The lowest BCUT2D eigenvalue weighted by molar-refractivity contribution is -0.167. The normalized spacial score (nSPS) is 12.4. The zero-order valence-electron chi connectivity index (χ0n) is 42.6. The fourth-order valence-electron chi connectivity index (χ4n) is 7.92. The molecule has 0 aliphatic rings. The molecule has 6 nitrogen and oxygen atoms in total. The molecule has 6 heteroatoms. The van der Waals surface area contributed by atoms with Crippen molar-refractivity contribution in [3.8, 4) is 0 Å². The topological polar surface area (TPSA) is 78.9 Å². The van der Waals surface area contributed by atoms with Crippen molar-refractivity contribution in [1.82, 2.24) is 0 Å². The molecule has 372 valence electrons. The highest BCUT2D eigenvalue weighted by molar-refractivity contribution is 5.71. The van der Waals surface area contributed by atoms with Crippen molar-refractivity contribution in [1.29, 1.82) is 0 Å². The average molecular weight is 897 g/mol. The molecule has 0 spiro atoms. The first-order chi connectivity index (χ1) is 31.5. The van der Waals surface area contributed by atoms with Crippen molar-refractivity contribution in [2.24, 2.45) is 0 Å². The fraction of sp³-hybridized carbons (Fsp3) is 0.810. The molecule has 0 saturated heterocycles. The van der Waals surface area contributed by atoms with E-state index in [4.69, 9.17) is 14.2 Å². The van der Waals surface area contributed by atoms with Gasteiger partial charge in [0.25, 0.3) is 0 Å². The molecular weight excluding hydrogens is 793 g/mol. The molecule has 0 aromatic rings. The molecule has 0 aliphatic carbocycles. The van der Waals surface area contributed by atoms with Crippen LogP contribution in [-0.4, -0.2) is 37.2 Å². The summed E-state index contributed by atoms with van der Waals surface area (Å²) in [6, 6.07) is 0. The summed E-state index contributed by atoms with van der Waals surface area (Å²) >= 11 is 0. The molecule has 0 aromatic carbocycles. The molecule has 0 aliphatic heterocycles. The van der Waals surface area contributed by atoms with Crippen molar-refractivity contribution in [2.75, 3.05) is 13.2 Å². The number of hydrogen-bond donors (Lipinski definition) is 0.